The summed E-state index contributed by atoms with van der Waals surface area (Å²) in [5.74, 6) is -0.919. The molecule has 6 nitrogen and oxygen atoms in total. The van der Waals surface area contributed by atoms with E-state index in [1.54, 1.807) is 6.07 Å². The van der Waals surface area contributed by atoms with Crippen molar-refractivity contribution < 1.29 is 9.18 Å². The monoisotopic (exact) mass is 374 g/mol. The van der Waals surface area contributed by atoms with E-state index >= 15 is 0 Å². The molecule has 0 bridgehead atoms. The molecule has 0 aliphatic rings. The number of nitrogens with zero attached hydrogens (tertiary/aromatic N) is 3. The molecule has 1 N–H and O–H groups in total. The number of hydrogen-bond acceptors (Lipinski definition) is 5. The number of H-pyrrole nitrogens is 1. The highest BCUT2D eigenvalue weighted by molar-refractivity contribution is 7.99. The number of anilines is 1. The number of aromatic nitrogens is 2. The number of carbonyl (C=O) groups excluding carboxylic acids is 1. The van der Waals surface area contributed by atoms with Gasteiger partial charge in [0.15, 0.2) is 5.16 Å². The Labute approximate surface area is 155 Å². The van der Waals surface area contributed by atoms with Crippen molar-refractivity contribution in [3.8, 4) is 6.07 Å². The highest BCUT2D eigenvalue weighted by Gasteiger charge is 2.19. The van der Waals surface area contributed by atoms with Crippen LogP contribution < -0.4 is 10.5 Å². The third kappa shape index (κ3) is 5.43. The fraction of sp³-hybridized carbons (Fsp3) is 0.333. The third-order valence-corrected chi connectivity index (χ3v) is 4.36. The molecule has 1 aromatic heterocycles. The van der Waals surface area contributed by atoms with Crippen molar-refractivity contribution in [1.82, 2.24) is 9.97 Å². The van der Waals surface area contributed by atoms with Gasteiger partial charge in [0.25, 0.3) is 5.56 Å². The summed E-state index contributed by atoms with van der Waals surface area (Å²) in [6.07, 6.45) is 1.62. The smallest absolute Gasteiger partial charge is 0.251 e. The number of nitrogens with one attached hydrogen (secondary N) is 1. The molecule has 0 unspecified atom stereocenters. The Hall–Kier alpha value is -2.66. The first kappa shape index (κ1) is 19.7. The molecule has 1 aromatic carbocycles. The van der Waals surface area contributed by atoms with Crippen LogP contribution in [0.2, 0.25) is 0 Å². The van der Waals surface area contributed by atoms with Crippen LogP contribution in [-0.2, 0) is 11.2 Å². The first-order valence-electron chi connectivity index (χ1n) is 8.20. The van der Waals surface area contributed by atoms with Gasteiger partial charge in [0.1, 0.15) is 5.82 Å². The minimum Gasteiger partial charge on any atom is -0.308 e. The number of thioether (sulfide) groups is 1. The molecule has 8 heteroatoms. The molecule has 0 aliphatic carbocycles. The Morgan fingerprint density at radius 2 is 2.19 bits per heavy atom. The molecule has 0 fully saturated rings. The van der Waals surface area contributed by atoms with E-state index in [1.165, 1.54) is 29.2 Å². The van der Waals surface area contributed by atoms with E-state index in [-0.39, 0.29) is 35.9 Å². The molecular formula is C18H19FN4O2S. The maximum Gasteiger partial charge on any atom is 0.251 e. The van der Waals surface area contributed by atoms with Crippen LogP contribution in [0, 0.1) is 17.1 Å². The summed E-state index contributed by atoms with van der Waals surface area (Å²) in [5, 5.41) is 9.15. The molecule has 0 saturated heterocycles. The maximum absolute atomic E-state index is 14.0. The molecule has 26 heavy (non-hydrogen) atoms. The summed E-state index contributed by atoms with van der Waals surface area (Å²) >= 11 is 1.08. The number of rotatable bonds is 8. The van der Waals surface area contributed by atoms with Crippen molar-refractivity contribution in [2.75, 3.05) is 17.2 Å². The Kier molecular flexibility index (Phi) is 7.36. The predicted octanol–water partition coefficient (Wildman–Crippen LogP) is 2.90. The number of hydrogen-bond donors (Lipinski definition) is 1. The van der Waals surface area contributed by atoms with Gasteiger partial charge in [0.05, 0.1) is 23.9 Å². The van der Waals surface area contributed by atoms with E-state index in [1.807, 2.05) is 13.0 Å². The summed E-state index contributed by atoms with van der Waals surface area (Å²) < 4.78 is 14.0. The van der Waals surface area contributed by atoms with E-state index in [0.717, 1.165) is 18.2 Å². The number of aryl methyl sites for hydroxylation is 1. The van der Waals surface area contributed by atoms with Gasteiger partial charge < -0.3 is 9.88 Å². The highest BCUT2D eigenvalue weighted by atomic mass is 32.2. The number of amides is 1. The van der Waals surface area contributed by atoms with E-state index < -0.39 is 5.82 Å². The van der Waals surface area contributed by atoms with Gasteiger partial charge in [-0.15, -0.1) is 0 Å². The van der Waals surface area contributed by atoms with Crippen LogP contribution in [0.25, 0.3) is 0 Å². The van der Waals surface area contributed by atoms with E-state index in [0.29, 0.717) is 17.3 Å². The van der Waals surface area contributed by atoms with Gasteiger partial charge >= 0.3 is 0 Å². The molecule has 0 spiro atoms. The second kappa shape index (κ2) is 9.73. The topological polar surface area (TPSA) is 89.9 Å². The van der Waals surface area contributed by atoms with Crippen molar-refractivity contribution in [3.05, 3.63) is 52.2 Å². The number of nitriles is 1. The quantitative estimate of drug-likeness (QED) is 0.567. The van der Waals surface area contributed by atoms with Crippen molar-refractivity contribution >= 4 is 23.4 Å². The zero-order valence-corrected chi connectivity index (χ0v) is 15.2. The number of para-hydroxylation sites is 1. The second-order valence-corrected chi connectivity index (χ2v) is 6.45. The number of halogens is 1. The average molecular weight is 374 g/mol. The summed E-state index contributed by atoms with van der Waals surface area (Å²) in [4.78, 5) is 32.4. The lowest BCUT2D eigenvalue weighted by atomic mass is 10.2. The van der Waals surface area contributed by atoms with E-state index in [2.05, 4.69) is 9.97 Å². The first-order chi connectivity index (χ1) is 12.5. The van der Waals surface area contributed by atoms with Gasteiger partial charge in [-0.2, -0.15) is 5.26 Å². The van der Waals surface area contributed by atoms with Crippen molar-refractivity contribution in [1.29, 1.82) is 5.26 Å². The Morgan fingerprint density at radius 3 is 2.88 bits per heavy atom. The number of carbonyl (C=O) groups is 1. The molecule has 0 radical (unpaired) electrons. The number of benzene rings is 1. The third-order valence-electron chi connectivity index (χ3n) is 3.50. The van der Waals surface area contributed by atoms with Crippen LogP contribution in [0.1, 0.15) is 25.5 Å². The minimum atomic E-state index is -0.528. The standard InChI is InChI=1S/C18H19FN4O2S/c1-2-6-13-11-16(24)22-18(21-13)26-12-17(25)23(10-5-9-20)15-8-4-3-7-14(15)19/h3-4,7-8,11H,2,5-6,10,12H2,1H3,(H,21,22,24). The van der Waals surface area contributed by atoms with Crippen LogP contribution in [-0.4, -0.2) is 28.2 Å². The highest BCUT2D eigenvalue weighted by Crippen LogP contribution is 2.21. The van der Waals surface area contributed by atoms with Crippen molar-refractivity contribution in [2.24, 2.45) is 0 Å². The molecule has 0 aliphatic heterocycles. The molecule has 136 valence electrons. The van der Waals surface area contributed by atoms with Gasteiger partial charge in [0.2, 0.25) is 5.91 Å². The lowest BCUT2D eigenvalue weighted by molar-refractivity contribution is -0.116. The lowest BCUT2D eigenvalue weighted by Crippen LogP contribution is -2.34. The van der Waals surface area contributed by atoms with Crippen LogP contribution >= 0.6 is 11.8 Å². The fourth-order valence-corrected chi connectivity index (χ4v) is 3.13. The van der Waals surface area contributed by atoms with Gasteiger partial charge in [0, 0.05) is 18.3 Å². The molecule has 1 heterocycles. The van der Waals surface area contributed by atoms with Crippen molar-refractivity contribution in [2.45, 2.75) is 31.3 Å². The Bertz CT molecular complexity index is 863. The van der Waals surface area contributed by atoms with Gasteiger partial charge in [-0.3, -0.25) is 9.59 Å². The summed E-state index contributed by atoms with van der Waals surface area (Å²) in [5.41, 5.74) is 0.532. The van der Waals surface area contributed by atoms with Crippen LogP contribution in [0.3, 0.4) is 0 Å². The maximum atomic E-state index is 14.0. The molecule has 1 amide bonds. The average Bonchev–Trinajstić information content (AvgIpc) is 2.61. The molecule has 0 atom stereocenters. The summed E-state index contributed by atoms with van der Waals surface area (Å²) in [7, 11) is 0. The Balaban J connectivity index is 2.14. The largest absolute Gasteiger partial charge is 0.308 e. The first-order valence-corrected chi connectivity index (χ1v) is 9.18. The van der Waals surface area contributed by atoms with E-state index in [9.17, 15) is 14.0 Å². The lowest BCUT2D eigenvalue weighted by Gasteiger charge is -2.22. The fourth-order valence-electron chi connectivity index (χ4n) is 2.36. The van der Waals surface area contributed by atoms with Crippen LogP contribution in [0.4, 0.5) is 10.1 Å². The minimum absolute atomic E-state index is 0.0295. The predicted molar refractivity (Wildman–Crippen MR) is 98.6 cm³/mol. The van der Waals surface area contributed by atoms with E-state index in [4.69, 9.17) is 5.26 Å². The molecule has 0 saturated carbocycles. The van der Waals surface area contributed by atoms with Gasteiger partial charge in [-0.05, 0) is 18.6 Å². The summed E-state index contributed by atoms with van der Waals surface area (Å²) in [6.45, 7) is 2.08. The van der Waals surface area contributed by atoms with Crippen LogP contribution in [0.5, 0.6) is 0 Å². The van der Waals surface area contributed by atoms with Crippen molar-refractivity contribution in [3.63, 3.8) is 0 Å². The zero-order chi connectivity index (χ0) is 18.9. The molecule has 2 rings (SSSR count). The van der Waals surface area contributed by atoms with Crippen LogP contribution in [0.15, 0.2) is 40.3 Å². The number of aromatic amines is 1. The SMILES string of the molecule is CCCc1cc(=O)[nH]c(SCC(=O)N(CCC#N)c2ccccc2F)n1. The zero-order valence-electron chi connectivity index (χ0n) is 14.4. The molecule has 2 aromatic rings. The second-order valence-electron chi connectivity index (χ2n) is 5.49. The normalized spacial score (nSPS) is 10.3. The Morgan fingerprint density at radius 1 is 1.42 bits per heavy atom. The van der Waals surface area contributed by atoms with Gasteiger partial charge in [-0.1, -0.05) is 37.2 Å². The van der Waals surface area contributed by atoms with Gasteiger partial charge in [-0.25, -0.2) is 9.37 Å². The summed E-state index contributed by atoms with van der Waals surface area (Å²) in [6, 6.07) is 9.33. The molecular weight excluding hydrogens is 355 g/mol.